The molecule has 0 aliphatic carbocycles. The van der Waals surface area contributed by atoms with Crippen molar-refractivity contribution in [3.05, 3.63) is 55.4 Å². The monoisotopic (exact) mass is 479 g/mol. The van der Waals surface area contributed by atoms with Crippen molar-refractivity contribution >= 4 is 40.0 Å². The summed E-state index contributed by atoms with van der Waals surface area (Å²) in [5.74, 6) is -2.77. The van der Waals surface area contributed by atoms with Gasteiger partial charge in [0.05, 0.1) is 17.4 Å². The number of H-pyrrole nitrogens is 1. The minimum atomic E-state index is -1.18. The number of carbonyl (C=O) groups excluding carboxylic acids is 1. The molecule has 10 heteroatoms. The summed E-state index contributed by atoms with van der Waals surface area (Å²) in [5.41, 5.74) is -1.34. The number of halogens is 3. The third-order valence-corrected chi connectivity index (χ3v) is 3.88. The maximum absolute atomic E-state index is 14.0. The highest BCUT2D eigenvalue weighted by Crippen LogP contribution is 2.23. The molecule has 1 heterocycles. The van der Waals surface area contributed by atoms with Gasteiger partial charge in [0.25, 0.3) is 11.5 Å². The number of aliphatic hydroxyl groups is 1. The molecule has 26 heavy (non-hydrogen) atoms. The molecule has 0 spiro atoms. The van der Waals surface area contributed by atoms with E-state index in [1.807, 2.05) is 22.6 Å². The van der Waals surface area contributed by atoms with Crippen LogP contribution in [0.25, 0.3) is 0 Å². The molecular formula is C16H16F2IN3O4. The summed E-state index contributed by atoms with van der Waals surface area (Å²) in [4.78, 5) is 31.3. The van der Waals surface area contributed by atoms with Crippen LogP contribution < -0.4 is 10.9 Å². The van der Waals surface area contributed by atoms with E-state index in [-0.39, 0.29) is 23.7 Å². The van der Waals surface area contributed by atoms with Crippen molar-refractivity contribution < 1.29 is 23.5 Å². The lowest BCUT2D eigenvalue weighted by Gasteiger charge is -2.19. The minimum Gasteiger partial charge on any atom is -0.391 e. The highest BCUT2D eigenvalue weighted by atomic mass is 127. The molecule has 0 fully saturated rings. The lowest BCUT2D eigenvalue weighted by atomic mass is 10.2. The summed E-state index contributed by atoms with van der Waals surface area (Å²) >= 11 is 1.93. The van der Waals surface area contributed by atoms with Gasteiger partial charge >= 0.3 is 0 Å². The van der Waals surface area contributed by atoms with E-state index in [2.05, 4.69) is 10.3 Å². The number of anilines is 2. The van der Waals surface area contributed by atoms with E-state index in [0.29, 0.717) is 3.57 Å². The summed E-state index contributed by atoms with van der Waals surface area (Å²) in [6, 6.07) is 5.02. The number of nitrogens with one attached hydrogen (secondary N) is 2. The normalized spacial score (nSPS) is 11.9. The van der Waals surface area contributed by atoms with Gasteiger partial charge in [0.15, 0.2) is 5.82 Å². The number of aliphatic hydroxyl groups excluding tert-OH is 1. The molecular weight excluding hydrogens is 463 g/mol. The standard InChI is InChI=1S/C16H16F2IN3O4/c1-8(23)7-26-22(2)16(25)10-6-12(18)15(24)21-14(10)20-13-4-3-9(19)5-11(13)17/h3-6,8,23H,7H2,1-2H3,(H2,20,21,24)/t8-/m0/s1. The number of hydroxylamine groups is 2. The van der Waals surface area contributed by atoms with E-state index >= 15 is 0 Å². The lowest BCUT2D eigenvalue weighted by molar-refractivity contribution is -0.127. The predicted molar refractivity (Wildman–Crippen MR) is 99.1 cm³/mol. The summed E-state index contributed by atoms with van der Waals surface area (Å²) in [6.07, 6.45) is -0.823. The quantitative estimate of drug-likeness (QED) is 0.437. The van der Waals surface area contributed by atoms with Gasteiger partial charge in [-0.25, -0.2) is 13.8 Å². The van der Waals surface area contributed by atoms with Crippen LogP contribution in [0.2, 0.25) is 0 Å². The van der Waals surface area contributed by atoms with Gasteiger partial charge in [0.1, 0.15) is 18.2 Å². The molecule has 0 bridgehead atoms. The first-order valence-corrected chi connectivity index (χ1v) is 8.51. The molecule has 1 aromatic heterocycles. The van der Waals surface area contributed by atoms with E-state index in [9.17, 15) is 23.5 Å². The molecule has 140 valence electrons. The van der Waals surface area contributed by atoms with Crippen molar-refractivity contribution in [2.45, 2.75) is 13.0 Å². The Morgan fingerprint density at radius 1 is 1.38 bits per heavy atom. The first-order valence-electron chi connectivity index (χ1n) is 7.43. The van der Waals surface area contributed by atoms with Crippen molar-refractivity contribution in [2.75, 3.05) is 19.0 Å². The van der Waals surface area contributed by atoms with Gasteiger partial charge < -0.3 is 15.4 Å². The molecule has 0 saturated heterocycles. The Labute approximate surface area is 161 Å². The average molecular weight is 479 g/mol. The van der Waals surface area contributed by atoms with Crippen LogP contribution in [-0.4, -0.2) is 40.8 Å². The van der Waals surface area contributed by atoms with Gasteiger partial charge in [-0.15, -0.1) is 0 Å². The van der Waals surface area contributed by atoms with E-state index < -0.39 is 29.2 Å². The maximum atomic E-state index is 14.0. The van der Waals surface area contributed by atoms with Crippen molar-refractivity contribution in [3.8, 4) is 0 Å². The number of benzene rings is 1. The Morgan fingerprint density at radius 3 is 2.69 bits per heavy atom. The topological polar surface area (TPSA) is 94.7 Å². The van der Waals surface area contributed by atoms with Gasteiger partial charge in [-0.05, 0) is 53.8 Å². The first-order chi connectivity index (χ1) is 12.2. The minimum absolute atomic E-state index is 0.00530. The number of rotatable bonds is 6. The molecule has 0 radical (unpaired) electrons. The number of aromatic amines is 1. The lowest BCUT2D eigenvalue weighted by Crippen LogP contribution is -2.31. The fourth-order valence-electron chi connectivity index (χ4n) is 1.95. The number of hydrogen-bond donors (Lipinski definition) is 3. The van der Waals surface area contributed by atoms with Crippen molar-refractivity contribution in [3.63, 3.8) is 0 Å². The van der Waals surface area contributed by atoms with Crippen LogP contribution in [-0.2, 0) is 4.84 Å². The van der Waals surface area contributed by atoms with Gasteiger partial charge in [0, 0.05) is 10.6 Å². The van der Waals surface area contributed by atoms with Gasteiger partial charge in [-0.3, -0.25) is 14.4 Å². The number of amides is 1. The third-order valence-electron chi connectivity index (χ3n) is 3.21. The molecule has 3 N–H and O–H groups in total. The second-order valence-corrected chi connectivity index (χ2v) is 6.68. The number of carbonyl (C=O) groups is 1. The first kappa shape index (κ1) is 20.3. The molecule has 1 atom stereocenters. The molecule has 0 unspecified atom stereocenters. The Balaban J connectivity index is 2.38. The van der Waals surface area contributed by atoms with Crippen LogP contribution in [0.4, 0.5) is 20.3 Å². The van der Waals surface area contributed by atoms with E-state index in [1.165, 1.54) is 26.1 Å². The molecule has 2 aromatic rings. The zero-order valence-electron chi connectivity index (χ0n) is 13.8. The summed E-state index contributed by atoms with van der Waals surface area (Å²) in [7, 11) is 1.27. The zero-order valence-corrected chi connectivity index (χ0v) is 16.0. The number of nitrogens with zero attached hydrogens (tertiary/aromatic N) is 1. The molecule has 0 aliphatic heterocycles. The molecule has 0 saturated carbocycles. The summed E-state index contributed by atoms with van der Waals surface area (Å²) < 4.78 is 28.4. The number of hydrogen-bond acceptors (Lipinski definition) is 5. The van der Waals surface area contributed by atoms with Gasteiger partial charge in [-0.1, -0.05) is 0 Å². The second kappa shape index (κ2) is 8.56. The van der Waals surface area contributed by atoms with Gasteiger partial charge in [0.2, 0.25) is 0 Å². The maximum Gasteiger partial charge on any atom is 0.285 e. The largest absolute Gasteiger partial charge is 0.391 e. The fourth-order valence-corrected chi connectivity index (χ4v) is 2.40. The molecule has 1 amide bonds. The van der Waals surface area contributed by atoms with Crippen LogP contribution in [0.15, 0.2) is 29.1 Å². The molecule has 7 nitrogen and oxygen atoms in total. The average Bonchev–Trinajstić information content (AvgIpc) is 2.57. The number of aromatic nitrogens is 1. The van der Waals surface area contributed by atoms with Gasteiger partial charge in [-0.2, -0.15) is 0 Å². The molecule has 2 rings (SSSR count). The van der Waals surface area contributed by atoms with Crippen LogP contribution in [0.5, 0.6) is 0 Å². The van der Waals surface area contributed by atoms with Crippen LogP contribution >= 0.6 is 22.6 Å². The van der Waals surface area contributed by atoms with Crippen molar-refractivity contribution in [1.29, 1.82) is 0 Å². The zero-order chi connectivity index (χ0) is 19.4. The SMILES string of the molecule is C[C@H](O)CON(C)C(=O)c1cc(F)c(=O)[nH]c1Nc1ccc(I)cc1F. The van der Waals surface area contributed by atoms with Crippen molar-refractivity contribution in [1.82, 2.24) is 10.0 Å². The predicted octanol–water partition coefficient (Wildman–Crippen LogP) is 2.39. The Kier molecular flexibility index (Phi) is 6.67. The summed E-state index contributed by atoms with van der Waals surface area (Å²) in [5, 5.41) is 12.6. The number of pyridine rings is 1. The molecule has 1 aromatic carbocycles. The van der Waals surface area contributed by atoms with Crippen LogP contribution in [0, 0.1) is 15.2 Å². The highest BCUT2D eigenvalue weighted by Gasteiger charge is 2.21. The van der Waals surface area contributed by atoms with Crippen LogP contribution in [0.1, 0.15) is 17.3 Å². The molecule has 0 aliphatic rings. The van der Waals surface area contributed by atoms with E-state index in [4.69, 9.17) is 4.84 Å². The van der Waals surface area contributed by atoms with E-state index in [1.54, 1.807) is 6.07 Å². The summed E-state index contributed by atoms with van der Waals surface area (Å²) in [6.45, 7) is 1.30. The smallest absolute Gasteiger partial charge is 0.285 e. The van der Waals surface area contributed by atoms with Crippen LogP contribution in [0.3, 0.4) is 0 Å². The second-order valence-electron chi connectivity index (χ2n) is 5.43. The Morgan fingerprint density at radius 2 is 2.08 bits per heavy atom. The van der Waals surface area contributed by atoms with E-state index in [0.717, 1.165) is 11.1 Å². The van der Waals surface area contributed by atoms with Crippen molar-refractivity contribution in [2.24, 2.45) is 0 Å². The fraction of sp³-hybridized carbons (Fsp3) is 0.250. The Bertz CT molecular complexity index is 873. The Hall–Kier alpha value is -2.05. The highest BCUT2D eigenvalue weighted by molar-refractivity contribution is 14.1. The third kappa shape index (κ3) is 4.99.